The Labute approximate surface area is 168 Å². The van der Waals surface area contributed by atoms with Gasteiger partial charge in [-0.3, -0.25) is 0 Å². The minimum atomic E-state index is -3.51. The fraction of sp³-hybridized carbons (Fsp3) is 0.455. The second-order valence-electron chi connectivity index (χ2n) is 7.68. The Hall–Kier alpha value is -2.05. The van der Waals surface area contributed by atoms with E-state index in [0.717, 1.165) is 18.7 Å². The van der Waals surface area contributed by atoms with E-state index in [9.17, 15) is 8.42 Å². The van der Waals surface area contributed by atoms with E-state index in [-0.39, 0.29) is 4.90 Å². The van der Waals surface area contributed by atoms with E-state index in [4.69, 9.17) is 4.74 Å². The summed E-state index contributed by atoms with van der Waals surface area (Å²) in [7, 11) is -3.51. The highest BCUT2D eigenvalue weighted by Crippen LogP contribution is 2.21. The van der Waals surface area contributed by atoms with Crippen molar-refractivity contribution in [1.82, 2.24) is 4.72 Å². The topological polar surface area (TPSA) is 58.6 Å². The van der Waals surface area contributed by atoms with Crippen molar-refractivity contribution < 1.29 is 13.2 Å². The Morgan fingerprint density at radius 1 is 1.00 bits per heavy atom. The van der Waals surface area contributed by atoms with Crippen molar-refractivity contribution in [2.75, 3.05) is 31.1 Å². The van der Waals surface area contributed by atoms with Gasteiger partial charge in [-0.05, 0) is 67.1 Å². The zero-order chi connectivity index (χ0) is 20.0. The molecule has 0 spiro atoms. The van der Waals surface area contributed by atoms with Crippen LogP contribution < -0.4 is 14.4 Å². The second kappa shape index (κ2) is 9.43. The maximum absolute atomic E-state index is 12.5. The highest BCUT2D eigenvalue weighted by molar-refractivity contribution is 7.89. The molecule has 1 fully saturated rings. The predicted octanol–water partition coefficient (Wildman–Crippen LogP) is 3.84. The average Bonchev–Trinajstić information content (AvgIpc) is 3.22. The number of hydrogen-bond acceptors (Lipinski definition) is 4. The maximum atomic E-state index is 12.5. The number of nitrogens with zero attached hydrogens (tertiary/aromatic N) is 1. The molecule has 0 aliphatic carbocycles. The summed E-state index contributed by atoms with van der Waals surface area (Å²) >= 11 is 0. The SMILES string of the molecule is CC(C)COc1ccc(S(=O)(=O)NCCc2ccc(N3CCCC3)cc2)cc1. The summed E-state index contributed by atoms with van der Waals surface area (Å²) in [4.78, 5) is 2.65. The van der Waals surface area contributed by atoms with Gasteiger partial charge in [0.05, 0.1) is 11.5 Å². The molecule has 5 nitrogen and oxygen atoms in total. The first-order chi connectivity index (χ1) is 13.4. The summed E-state index contributed by atoms with van der Waals surface area (Å²) in [6.45, 7) is 7.38. The molecule has 0 aromatic heterocycles. The van der Waals surface area contributed by atoms with E-state index in [1.165, 1.54) is 18.5 Å². The summed E-state index contributed by atoms with van der Waals surface area (Å²) in [6, 6.07) is 15.0. The van der Waals surface area contributed by atoms with E-state index in [2.05, 4.69) is 47.7 Å². The first-order valence-corrected chi connectivity index (χ1v) is 11.5. The standard InChI is InChI=1S/C22H30N2O3S/c1-18(2)17-27-21-9-11-22(12-10-21)28(25,26)23-14-13-19-5-7-20(8-6-19)24-15-3-4-16-24/h5-12,18,23H,3-4,13-17H2,1-2H3. The van der Waals surface area contributed by atoms with Crippen molar-refractivity contribution in [2.24, 2.45) is 5.92 Å². The van der Waals surface area contributed by atoms with Gasteiger partial charge in [0.15, 0.2) is 0 Å². The molecule has 0 saturated carbocycles. The number of nitrogens with one attached hydrogen (secondary N) is 1. The van der Waals surface area contributed by atoms with Crippen LogP contribution in [0, 0.1) is 5.92 Å². The Morgan fingerprint density at radius 2 is 1.64 bits per heavy atom. The summed E-state index contributed by atoms with van der Waals surface area (Å²) < 4.78 is 33.2. The lowest BCUT2D eigenvalue weighted by molar-refractivity contribution is 0.271. The van der Waals surface area contributed by atoms with Gasteiger partial charge < -0.3 is 9.64 Å². The first kappa shape index (κ1) is 20.7. The van der Waals surface area contributed by atoms with Crippen LogP contribution in [0.1, 0.15) is 32.3 Å². The number of ether oxygens (including phenoxy) is 1. The Balaban J connectivity index is 1.50. The van der Waals surface area contributed by atoms with Crippen LogP contribution in [0.3, 0.4) is 0 Å². The largest absolute Gasteiger partial charge is 0.493 e. The van der Waals surface area contributed by atoms with E-state index in [0.29, 0.717) is 31.2 Å². The third kappa shape index (κ3) is 5.72. The van der Waals surface area contributed by atoms with Gasteiger partial charge in [-0.1, -0.05) is 26.0 Å². The monoisotopic (exact) mass is 402 g/mol. The zero-order valence-electron chi connectivity index (χ0n) is 16.7. The molecule has 6 heteroatoms. The van der Waals surface area contributed by atoms with Gasteiger partial charge in [0.25, 0.3) is 0 Å². The molecule has 1 N–H and O–H groups in total. The van der Waals surface area contributed by atoms with Crippen molar-refractivity contribution in [1.29, 1.82) is 0 Å². The minimum absolute atomic E-state index is 0.258. The summed E-state index contributed by atoms with van der Waals surface area (Å²) in [5.74, 6) is 1.11. The number of benzene rings is 2. The van der Waals surface area contributed by atoms with Crippen LogP contribution in [0.2, 0.25) is 0 Å². The number of sulfonamides is 1. The first-order valence-electron chi connectivity index (χ1n) is 10.0. The van der Waals surface area contributed by atoms with Gasteiger partial charge >= 0.3 is 0 Å². The fourth-order valence-electron chi connectivity index (χ4n) is 3.24. The van der Waals surface area contributed by atoms with Crippen molar-refractivity contribution in [2.45, 2.75) is 38.0 Å². The molecule has 0 atom stereocenters. The van der Waals surface area contributed by atoms with Crippen molar-refractivity contribution in [3.05, 3.63) is 54.1 Å². The summed E-state index contributed by atoms with van der Waals surface area (Å²) in [6.07, 6.45) is 3.18. The van der Waals surface area contributed by atoms with Gasteiger partial charge in [-0.15, -0.1) is 0 Å². The third-order valence-corrected chi connectivity index (χ3v) is 6.31. The molecule has 152 valence electrons. The quantitative estimate of drug-likeness (QED) is 0.692. The molecule has 1 heterocycles. The van der Waals surface area contributed by atoms with Gasteiger partial charge in [0, 0.05) is 25.3 Å². The van der Waals surface area contributed by atoms with Gasteiger partial charge in [0.1, 0.15) is 5.75 Å². The molecule has 0 bridgehead atoms. The van der Waals surface area contributed by atoms with E-state index in [1.807, 2.05) is 0 Å². The van der Waals surface area contributed by atoms with Crippen molar-refractivity contribution in [3.8, 4) is 5.75 Å². The molecular formula is C22H30N2O3S. The normalized spacial score (nSPS) is 14.6. The van der Waals surface area contributed by atoms with Crippen LogP contribution in [-0.2, 0) is 16.4 Å². The predicted molar refractivity (Wildman–Crippen MR) is 114 cm³/mol. The molecule has 1 aliphatic rings. The van der Waals surface area contributed by atoms with Crippen molar-refractivity contribution >= 4 is 15.7 Å². The zero-order valence-corrected chi connectivity index (χ0v) is 17.5. The van der Waals surface area contributed by atoms with Gasteiger partial charge in [-0.25, -0.2) is 13.1 Å². The summed E-state index contributed by atoms with van der Waals surface area (Å²) in [5, 5.41) is 0. The lowest BCUT2D eigenvalue weighted by atomic mass is 10.1. The Kier molecular flexibility index (Phi) is 6.97. The van der Waals surface area contributed by atoms with E-state index < -0.39 is 10.0 Å². The molecule has 2 aromatic rings. The Bertz CT molecular complexity index is 840. The lowest BCUT2D eigenvalue weighted by Crippen LogP contribution is -2.26. The van der Waals surface area contributed by atoms with Crippen LogP contribution in [0.5, 0.6) is 5.75 Å². The molecule has 0 amide bonds. The van der Waals surface area contributed by atoms with Crippen LogP contribution in [0.25, 0.3) is 0 Å². The van der Waals surface area contributed by atoms with Crippen LogP contribution in [-0.4, -0.2) is 34.7 Å². The summed E-state index contributed by atoms with van der Waals surface area (Å²) in [5.41, 5.74) is 2.38. The van der Waals surface area contributed by atoms with Crippen LogP contribution >= 0.6 is 0 Å². The lowest BCUT2D eigenvalue weighted by Gasteiger charge is -2.17. The number of rotatable bonds is 9. The van der Waals surface area contributed by atoms with Crippen LogP contribution in [0.4, 0.5) is 5.69 Å². The molecule has 1 aliphatic heterocycles. The molecule has 0 unspecified atom stereocenters. The number of hydrogen-bond donors (Lipinski definition) is 1. The van der Waals surface area contributed by atoms with Gasteiger partial charge in [0.2, 0.25) is 10.0 Å². The van der Waals surface area contributed by atoms with Crippen LogP contribution in [0.15, 0.2) is 53.4 Å². The molecule has 1 saturated heterocycles. The average molecular weight is 403 g/mol. The van der Waals surface area contributed by atoms with E-state index in [1.54, 1.807) is 24.3 Å². The van der Waals surface area contributed by atoms with Crippen molar-refractivity contribution in [3.63, 3.8) is 0 Å². The molecule has 0 radical (unpaired) electrons. The minimum Gasteiger partial charge on any atom is -0.493 e. The molecular weight excluding hydrogens is 372 g/mol. The molecule has 28 heavy (non-hydrogen) atoms. The third-order valence-electron chi connectivity index (χ3n) is 4.83. The fourth-order valence-corrected chi connectivity index (χ4v) is 4.27. The highest BCUT2D eigenvalue weighted by Gasteiger charge is 2.14. The highest BCUT2D eigenvalue weighted by atomic mass is 32.2. The number of anilines is 1. The van der Waals surface area contributed by atoms with E-state index >= 15 is 0 Å². The maximum Gasteiger partial charge on any atom is 0.240 e. The molecule has 3 rings (SSSR count). The second-order valence-corrected chi connectivity index (χ2v) is 9.45. The van der Waals surface area contributed by atoms with Gasteiger partial charge in [-0.2, -0.15) is 0 Å². The molecule has 2 aromatic carbocycles. The smallest absolute Gasteiger partial charge is 0.240 e. The Morgan fingerprint density at radius 3 is 2.25 bits per heavy atom.